The first-order valence-electron chi connectivity index (χ1n) is 15.2. The molecule has 2 aromatic rings. The quantitative estimate of drug-likeness (QED) is 0.314. The number of anilines is 2. The summed E-state index contributed by atoms with van der Waals surface area (Å²) in [6, 6.07) is 8.94. The maximum absolute atomic E-state index is 13.2. The predicted molar refractivity (Wildman–Crippen MR) is 164 cm³/mol. The van der Waals surface area contributed by atoms with Crippen molar-refractivity contribution in [2.45, 2.75) is 60.1 Å². The van der Waals surface area contributed by atoms with Crippen LogP contribution < -0.4 is 8.61 Å². The number of benzene rings is 2. The van der Waals surface area contributed by atoms with E-state index in [9.17, 15) is 43.2 Å². The number of nitrogens with zero attached hydrogens (tertiary/aromatic N) is 4. The van der Waals surface area contributed by atoms with Crippen molar-refractivity contribution in [3.05, 3.63) is 83.0 Å². The smallest absolute Gasteiger partial charge is 0.362 e. The lowest BCUT2D eigenvalue weighted by Gasteiger charge is -2.27. The normalized spacial score (nSPS) is 35.0. The van der Waals surface area contributed by atoms with Gasteiger partial charge in [-0.05, 0) is 50.2 Å². The molecule has 6 aliphatic heterocycles. The molecule has 0 aromatic heterocycles. The predicted octanol–water partition coefficient (Wildman–Crippen LogP) is 4.88. The van der Waals surface area contributed by atoms with Gasteiger partial charge in [0.2, 0.25) is 20.0 Å². The van der Waals surface area contributed by atoms with Crippen LogP contribution in [0.25, 0.3) is 0 Å². The van der Waals surface area contributed by atoms with Crippen LogP contribution >= 0.6 is 0 Å². The highest BCUT2D eigenvalue weighted by Crippen LogP contribution is 2.53. The number of alkyl halides is 6. The highest BCUT2D eigenvalue weighted by Gasteiger charge is 2.66. The Morgan fingerprint density at radius 2 is 1.22 bits per heavy atom. The van der Waals surface area contributed by atoms with E-state index in [0.717, 1.165) is 32.9 Å². The molecular formula is C32H26F6N4O6S2. The summed E-state index contributed by atoms with van der Waals surface area (Å²) in [5.74, 6) is -0.678. The summed E-state index contributed by atoms with van der Waals surface area (Å²) in [7, 11) is -7.74. The number of hydrogen-bond donors (Lipinski definition) is 0. The van der Waals surface area contributed by atoms with Crippen LogP contribution in [-0.4, -0.2) is 63.8 Å². The van der Waals surface area contributed by atoms with Crippen molar-refractivity contribution < 1.29 is 52.7 Å². The van der Waals surface area contributed by atoms with E-state index in [1.807, 2.05) is 6.08 Å². The summed E-state index contributed by atoms with van der Waals surface area (Å²) in [6.45, 7) is 3.57. The maximum atomic E-state index is 13.2. The number of rotatable bonds is 2. The Bertz CT molecular complexity index is 2100. The largest absolute Gasteiger partial charge is 0.417 e. The van der Waals surface area contributed by atoms with E-state index >= 15 is 0 Å². The summed E-state index contributed by atoms with van der Waals surface area (Å²) in [5, 5.41) is 16.1. The lowest BCUT2D eigenvalue weighted by atomic mass is 9.84. The summed E-state index contributed by atoms with van der Waals surface area (Å²) < 4.78 is 144. The second kappa shape index (κ2) is 10.7. The Kier molecular flexibility index (Phi) is 7.36. The molecule has 2 aromatic carbocycles. The van der Waals surface area contributed by atoms with Crippen molar-refractivity contribution in [1.82, 2.24) is 0 Å². The number of nitriles is 2. The van der Waals surface area contributed by atoms with Crippen molar-refractivity contribution in [2.75, 3.05) is 21.7 Å². The number of hydrogen-bond acceptors (Lipinski definition) is 8. The van der Waals surface area contributed by atoms with Gasteiger partial charge in [-0.1, -0.05) is 24.3 Å². The van der Waals surface area contributed by atoms with Gasteiger partial charge < -0.3 is 9.47 Å². The molecule has 4 saturated heterocycles. The Hall–Kier alpha value is -4.10. The van der Waals surface area contributed by atoms with Crippen LogP contribution in [0.2, 0.25) is 0 Å². The minimum Gasteiger partial charge on any atom is -0.362 e. The minimum absolute atomic E-state index is 0.0491. The zero-order chi connectivity index (χ0) is 36.4. The van der Waals surface area contributed by atoms with Crippen LogP contribution in [0.4, 0.5) is 37.7 Å². The highest BCUT2D eigenvalue weighted by atomic mass is 32.2. The summed E-state index contributed by atoms with van der Waals surface area (Å²) in [5.41, 5.74) is -5.19. The first-order valence-corrected chi connectivity index (χ1v) is 18.2. The van der Waals surface area contributed by atoms with Crippen LogP contribution in [-0.2, 0) is 41.9 Å². The second-order valence-electron chi connectivity index (χ2n) is 13.2. The van der Waals surface area contributed by atoms with Crippen molar-refractivity contribution in [3.63, 3.8) is 0 Å². The van der Waals surface area contributed by atoms with Crippen molar-refractivity contribution in [1.29, 1.82) is 10.5 Å². The molecule has 0 unspecified atom stereocenters. The van der Waals surface area contributed by atoms with Gasteiger partial charge in [0, 0.05) is 24.9 Å². The third kappa shape index (κ3) is 4.94. The molecule has 0 amide bonds. The second-order valence-corrected chi connectivity index (χ2v) is 17.2. The molecule has 0 aliphatic carbocycles. The van der Waals surface area contributed by atoms with Gasteiger partial charge >= 0.3 is 12.4 Å². The van der Waals surface area contributed by atoms with Crippen LogP contribution in [0.3, 0.4) is 0 Å². The molecular weight excluding hydrogens is 714 g/mol. The van der Waals surface area contributed by atoms with Gasteiger partial charge in [-0.15, -0.1) is 0 Å². The fourth-order valence-electron chi connectivity index (χ4n) is 8.03. The topological polar surface area (TPSA) is 141 Å². The number of halogens is 6. The Labute approximate surface area is 282 Å². The summed E-state index contributed by atoms with van der Waals surface area (Å²) in [6.07, 6.45) is -3.38. The molecule has 0 saturated carbocycles. The van der Waals surface area contributed by atoms with E-state index < -0.39 is 82.5 Å². The van der Waals surface area contributed by atoms with Gasteiger partial charge in [0.15, 0.2) is 0 Å². The third-order valence-electron chi connectivity index (χ3n) is 10.3. The molecule has 0 radical (unpaired) electrons. The molecule has 8 atom stereocenters. The number of fused-ring (bicyclic) bond motifs is 10. The molecule has 18 heteroatoms. The summed E-state index contributed by atoms with van der Waals surface area (Å²) >= 11 is 0. The standard InChI is InChI=1S/2C16H13F3N2O3S/c1-15-5-4-13(24-15)11-8-21(25(22,23)14(11)15)10-3-2-9(7-20)12(6-10)16(17,18)19;1-15-5-4-13(24-15)14-12(15)8-21(25(14,22)23)10-3-2-9(7-20)11(6-10)16(17,18)19/h2-6,11,13-14H,8H2,1H3;2-6,12-14H,8H2,1H3/t11-,13+,14-,15-;12-,13+,14+,15-/m01/s1. The van der Waals surface area contributed by atoms with Gasteiger partial charge in [0.25, 0.3) is 0 Å². The van der Waals surface area contributed by atoms with Gasteiger partial charge in [-0.3, -0.25) is 8.61 Å². The lowest BCUT2D eigenvalue weighted by molar-refractivity contribution is -0.138. The Morgan fingerprint density at radius 1 is 0.740 bits per heavy atom. The summed E-state index contributed by atoms with van der Waals surface area (Å²) in [4.78, 5) is 0. The first-order chi connectivity index (χ1) is 23.2. The molecule has 0 spiro atoms. The number of sulfonamides is 2. The number of ether oxygens (including phenoxy) is 2. The molecule has 8 rings (SSSR count). The minimum atomic E-state index is -4.74. The fourth-order valence-corrected chi connectivity index (χ4v) is 12.8. The van der Waals surface area contributed by atoms with Gasteiger partial charge in [0.1, 0.15) is 16.1 Å². The van der Waals surface area contributed by atoms with Crippen LogP contribution in [0.1, 0.15) is 36.1 Å². The van der Waals surface area contributed by atoms with Gasteiger partial charge in [-0.2, -0.15) is 36.9 Å². The average Bonchev–Trinajstić information content (AvgIpc) is 3.85. The Morgan fingerprint density at radius 3 is 1.70 bits per heavy atom. The van der Waals surface area contributed by atoms with Gasteiger partial charge in [-0.25, -0.2) is 16.8 Å². The van der Waals surface area contributed by atoms with E-state index in [0.29, 0.717) is 0 Å². The van der Waals surface area contributed by atoms with Crippen LogP contribution in [0, 0.1) is 34.5 Å². The van der Waals surface area contributed by atoms with E-state index in [1.165, 1.54) is 24.3 Å². The van der Waals surface area contributed by atoms with Crippen molar-refractivity contribution >= 4 is 31.4 Å². The van der Waals surface area contributed by atoms with Crippen molar-refractivity contribution in [2.24, 2.45) is 11.8 Å². The fraction of sp³-hybridized carbons (Fsp3) is 0.438. The molecule has 6 aliphatic rings. The van der Waals surface area contributed by atoms with E-state index in [-0.39, 0.29) is 42.4 Å². The van der Waals surface area contributed by atoms with Crippen LogP contribution in [0.5, 0.6) is 0 Å². The molecule has 0 N–H and O–H groups in total. The molecule has 4 fully saturated rings. The molecule has 10 nitrogen and oxygen atoms in total. The first kappa shape index (κ1) is 34.4. The zero-order valence-corrected chi connectivity index (χ0v) is 27.6. The maximum Gasteiger partial charge on any atom is 0.417 e. The zero-order valence-electron chi connectivity index (χ0n) is 26.0. The van der Waals surface area contributed by atoms with Crippen molar-refractivity contribution in [3.8, 4) is 12.1 Å². The van der Waals surface area contributed by atoms with Crippen LogP contribution in [0.15, 0.2) is 60.7 Å². The van der Waals surface area contributed by atoms with E-state index in [2.05, 4.69) is 0 Å². The molecule has 6 heterocycles. The monoisotopic (exact) mass is 740 g/mol. The molecule has 264 valence electrons. The third-order valence-corrected chi connectivity index (χ3v) is 15.0. The average molecular weight is 741 g/mol. The highest BCUT2D eigenvalue weighted by molar-refractivity contribution is 7.94. The SMILES string of the molecule is C[C@@]12C=C[C@@H](O1)[C@@H]1CN(c3ccc(C#N)c(C(F)(F)F)c3)S(=O)(=O)[C@@H]12.C[C@]12C=C[C@H](O1)[C@@H]1[C@H]2CN(c2ccc(C#N)c(C(F)(F)F)c2)S1(=O)=O. The van der Waals surface area contributed by atoms with E-state index in [1.54, 1.807) is 32.1 Å². The van der Waals surface area contributed by atoms with Gasteiger partial charge in [0.05, 0.1) is 63.6 Å². The lowest BCUT2D eigenvalue weighted by Crippen LogP contribution is -2.42. The molecule has 50 heavy (non-hydrogen) atoms. The van der Waals surface area contributed by atoms with E-state index in [4.69, 9.17) is 20.0 Å². The Balaban J connectivity index is 0.000000157. The molecule has 4 bridgehead atoms.